The monoisotopic (exact) mass is 170 g/mol. The number of methoxy groups -OCH3 is 1. The van der Waals surface area contributed by atoms with E-state index in [1.807, 2.05) is 0 Å². The lowest BCUT2D eigenvalue weighted by Crippen LogP contribution is -2.31. The van der Waals surface area contributed by atoms with Crippen molar-refractivity contribution in [2.24, 2.45) is 0 Å². The van der Waals surface area contributed by atoms with Crippen LogP contribution >= 0.6 is 0 Å². The van der Waals surface area contributed by atoms with Gasteiger partial charge in [0.15, 0.2) is 11.5 Å². The summed E-state index contributed by atoms with van der Waals surface area (Å²) in [5.41, 5.74) is 0. The van der Waals surface area contributed by atoms with E-state index in [-0.39, 0.29) is 12.2 Å². The SMILES string of the molecule is COC1=CC(=O)CC12OCCO2. The lowest BCUT2D eigenvalue weighted by atomic mass is 10.2. The molecule has 12 heavy (non-hydrogen) atoms. The molecule has 0 N–H and O–H groups in total. The fourth-order valence-electron chi connectivity index (χ4n) is 1.54. The standard InChI is InChI=1S/C8H10O4/c1-10-7-4-6(9)5-8(7)11-2-3-12-8/h4H,2-3,5H2,1H3. The number of ketones is 1. The van der Waals surface area contributed by atoms with E-state index in [0.29, 0.717) is 19.0 Å². The van der Waals surface area contributed by atoms with E-state index < -0.39 is 5.79 Å². The van der Waals surface area contributed by atoms with E-state index in [0.717, 1.165) is 0 Å². The second-order valence-electron chi connectivity index (χ2n) is 2.81. The van der Waals surface area contributed by atoms with Crippen LogP contribution in [0.3, 0.4) is 0 Å². The zero-order chi connectivity index (χ0) is 8.60. The molecule has 0 saturated carbocycles. The molecular formula is C8H10O4. The predicted molar refractivity (Wildman–Crippen MR) is 39.4 cm³/mol. The number of allylic oxidation sites excluding steroid dienone is 1. The molecule has 4 heteroatoms. The Morgan fingerprint density at radius 2 is 2.17 bits per heavy atom. The van der Waals surface area contributed by atoms with Crippen molar-refractivity contribution >= 4 is 5.78 Å². The third-order valence-corrected chi connectivity index (χ3v) is 2.05. The first-order valence-electron chi connectivity index (χ1n) is 3.84. The zero-order valence-electron chi connectivity index (χ0n) is 6.83. The van der Waals surface area contributed by atoms with Crippen LogP contribution in [-0.2, 0) is 19.0 Å². The molecule has 0 amide bonds. The number of hydrogen-bond donors (Lipinski definition) is 0. The minimum absolute atomic E-state index is 0.00579. The highest BCUT2D eigenvalue weighted by Gasteiger charge is 2.47. The third kappa shape index (κ3) is 0.956. The van der Waals surface area contributed by atoms with E-state index in [1.165, 1.54) is 13.2 Å². The summed E-state index contributed by atoms with van der Waals surface area (Å²) in [4.78, 5) is 11.1. The Bertz CT molecular complexity index is 237. The normalized spacial score (nSPS) is 26.4. The molecule has 1 saturated heterocycles. The zero-order valence-corrected chi connectivity index (χ0v) is 6.83. The first-order valence-corrected chi connectivity index (χ1v) is 3.84. The van der Waals surface area contributed by atoms with E-state index in [2.05, 4.69) is 0 Å². The van der Waals surface area contributed by atoms with Gasteiger partial charge in [0.1, 0.15) is 0 Å². The molecule has 1 aliphatic heterocycles. The Morgan fingerprint density at radius 3 is 2.75 bits per heavy atom. The second-order valence-corrected chi connectivity index (χ2v) is 2.81. The Balaban J connectivity index is 2.26. The maximum Gasteiger partial charge on any atom is 0.235 e. The molecule has 66 valence electrons. The summed E-state index contributed by atoms with van der Waals surface area (Å²) >= 11 is 0. The van der Waals surface area contributed by atoms with E-state index >= 15 is 0 Å². The van der Waals surface area contributed by atoms with Crippen molar-refractivity contribution in [1.82, 2.24) is 0 Å². The molecule has 0 aromatic heterocycles. The molecule has 4 nitrogen and oxygen atoms in total. The summed E-state index contributed by atoms with van der Waals surface area (Å²) in [7, 11) is 1.51. The molecule has 0 radical (unpaired) electrons. The first kappa shape index (κ1) is 7.76. The summed E-state index contributed by atoms with van der Waals surface area (Å²) in [6, 6.07) is 0. The second kappa shape index (κ2) is 2.57. The number of rotatable bonds is 1. The average Bonchev–Trinajstić information content (AvgIpc) is 2.60. The predicted octanol–water partition coefficient (Wildman–Crippen LogP) is 0.233. The Labute approximate surface area is 70.1 Å². The molecule has 0 unspecified atom stereocenters. The van der Waals surface area contributed by atoms with Crippen LogP contribution in [0.2, 0.25) is 0 Å². The van der Waals surface area contributed by atoms with Crippen molar-refractivity contribution in [3.05, 3.63) is 11.8 Å². The number of ether oxygens (including phenoxy) is 3. The van der Waals surface area contributed by atoms with Crippen molar-refractivity contribution < 1.29 is 19.0 Å². The topological polar surface area (TPSA) is 44.8 Å². The van der Waals surface area contributed by atoms with Crippen LogP contribution in [0.4, 0.5) is 0 Å². The fraction of sp³-hybridized carbons (Fsp3) is 0.625. The van der Waals surface area contributed by atoms with Gasteiger partial charge in [0.25, 0.3) is 0 Å². The van der Waals surface area contributed by atoms with Gasteiger partial charge < -0.3 is 14.2 Å². The van der Waals surface area contributed by atoms with Crippen LogP contribution in [0, 0.1) is 0 Å². The van der Waals surface area contributed by atoms with Gasteiger partial charge in [-0.25, -0.2) is 0 Å². The summed E-state index contributed by atoms with van der Waals surface area (Å²) in [6.45, 7) is 1.04. The van der Waals surface area contributed by atoms with Crippen molar-refractivity contribution in [2.75, 3.05) is 20.3 Å². The van der Waals surface area contributed by atoms with Crippen LogP contribution < -0.4 is 0 Å². The van der Waals surface area contributed by atoms with Crippen molar-refractivity contribution in [3.63, 3.8) is 0 Å². The molecule has 1 fully saturated rings. The van der Waals surface area contributed by atoms with Gasteiger partial charge in [0.2, 0.25) is 5.79 Å². The number of carbonyl (C=O) groups is 1. The molecule has 0 bridgehead atoms. The average molecular weight is 170 g/mol. The van der Waals surface area contributed by atoms with Crippen LogP contribution in [0.15, 0.2) is 11.8 Å². The van der Waals surface area contributed by atoms with E-state index in [1.54, 1.807) is 0 Å². The van der Waals surface area contributed by atoms with Gasteiger partial charge >= 0.3 is 0 Å². The van der Waals surface area contributed by atoms with Crippen molar-refractivity contribution in [3.8, 4) is 0 Å². The molecule has 1 aliphatic carbocycles. The van der Waals surface area contributed by atoms with Crippen LogP contribution in [-0.4, -0.2) is 31.9 Å². The highest BCUT2D eigenvalue weighted by Crippen LogP contribution is 2.36. The van der Waals surface area contributed by atoms with Gasteiger partial charge in [-0.1, -0.05) is 0 Å². The van der Waals surface area contributed by atoms with Gasteiger partial charge in [-0.15, -0.1) is 0 Å². The summed E-state index contributed by atoms with van der Waals surface area (Å²) in [6.07, 6.45) is 1.68. The first-order chi connectivity index (χ1) is 5.77. The molecule has 2 aliphatic rings. The Hall–Kier alpha value is -0.870. The molecule has 1 heterocycles. The Kier molecular flexibility index (Phi) is 1.66. The quantitative estimate of drug-likeness (QED) is 0.565. The summed E-state index contributed by atoms with van der Waals surface area (Å²) in [5.74, 6) is -0.398. The smallest absolute Gasteiger partial charge is 0.235 e. The van der Waals surface area contributed by atoms with Crippen LogP contribution in [0.1, 0.15) is 6.42 Å². The van der Waals surface area contributed by atoms with Gasteiger partial charge in [0, 0.05) is 6.08 Å². The van der Waals surface area contributed by atoms with Gasteiger partial charge in [-0.05, 0) is 0 Å². The summed E-state index contributed by atoms with van der Waals surface area (Å²) < 4.78 is 15.7. The third-order valence-electron chi connectivity index (χ3n) is 2.05. The lowest BCUT2D eigenvalue weighted by molar-refractivity contribution is -0.155. The van der Waals surface area contributed by atoms with Gasteiger partial charge in [-0.3, -0.25) is 4.79 Å². The summed E-state index contributed by atoms with van der Waals surface area (Å²) in [5, 5.41) is 0. The Morgan fingerprint density at radius 1 is 1.50 bits per heavy atom. The van der Waals surface area contributed by atoms with Gasteiger partial charge in [0.05, 0.1) is 26.7 Å². The highest BCUT2D eigenvalue weighted by molar-refractivity contribution is 5.94. The largest absolute Gasteiger partial charge is 0.495 e. The highest BCUT2D eigenvalue weighted by atomic mass is 16.8. The van der Waals surface area contributed by atoms with Crippen LogP contribution in [0.5, 0.6) is 0 Å². The molecule has 2 rings (SSSR count). The van der Waals surface area contributed by atoms with E-state index in [4.69, 9.17) is 14.2 Å². The van der Waals surface area contributed by atoms with Crippen molar-refractivity contribution in [1.29, 1.82) is 0 Å². The number of hydrogen-bond acceptors (Lipinski definition) is 4. The molecule has 1 spiro atoms. The molecule has 0 aromatic rings. The van der Waals surface area contributed by atoms with Crippen molar-refractivity contribution in [2.45, 2.75) is 12.2 Å². The van der Waals surface area contributed by atoms with Gasteiger partial charge in [-0.2, -0.15) is 0 Å². The lowest BCUT2D eigenvalue weighted by Gasteiger charge is -2.22. The molecule has 0 atom stereocenters. The number of carbonyl (C=O) groups excluding carboxylic acids is 1. The minimum atomic E-state index is -0.883. The maximum absolute atomic E-state index is 11.1. The molecular weight excluding hydrogens is 160 g/mol. The minimum Gasteiger partial charge on any atom is -0.495 e. The van der Waals surface area contributed by atoms with E-state index in [9.17, 15) is 4.79 Å². The van der Waals surface area contributed by atoms with Crippen LogP contribution in [0.25, 0.3) is 0 Å². The fourth-order valence-corrected chi connectivity index (χ4v) is 1.54. The maximum atomic E-state index is 11.1. The molecule has 0 aromatic carbocycles.